The molecule has 256 valence electrons. The van der Waals surface area contributed by atoms with Crippen LogP contribution in [0.4, 0.5) is 0 Å². The number of hydrogen-bond acceptors (Lipinski definition) is 4. The van der Waals surface area contributed by atoms with Crippen LogP contribution in [0.2, 0.25) is 0 Å². The van der Waals surface area contributed by atoms with Gasteiger partial charge in [0.15, 0.2) is 11.6 Å². The van der Waals surface area contributed by atoms with Crippen molar-refractivity contribution in [3.63, 3.8) is 0 Å². The van der Waals surface area contributed by atoms with Gasteiger partial charge in [-0.1, -0.05) is 127 Å². The monoisotopic (exact) mass is 703 g/mol. The van der Waals surface area contributed by atoms with E-state index in [0.717, 1.165) is 71.3 Å². The second-order valence-electron chi connectivity index (χ2n) is 14.0. The van der Waals surface area contributed by atoms with E-state index in [-0.39, 0.29) is 0 Å². The van der Waals surface area contributed by atoms with E-state index >= 15 is 0 Å². The zero-order chi connectivity index (χ0) is 36.0. The van der Waals surface area contributed by atoms with E-state index in [1.807, 2.05) is 42.5 Å². The average Bonchev–Trinajstić information content (AvgIpc) is 3.92. The van der Waals surface area contributed by atoms with Crippen molar-refractivity contribution in [3.05, 3.63) is 176 Å². The van der Waals surface area contributed by atoms with Crippen molar-refractivity contribution in [3.8, 4) is 34.4 Å². The van der Waals surface area contributed by atoms with Crippen LogP contribution in [-0.4, -0.2) is 24.1 Å². The summed E-state index contributed by atoms with van der Waals surface area (Å²) in [6, 6.07) is 61.4. The van der Waals surface area contributed by atoms with Gasteiger partial charge in [0, 0.05) is 43.6 Å². The summed E-state index contributed by atoms with van der Waals surface area (Å²) in [5.41, 5.74) is 8.78. The quantitative estimate of drug-likeness (QED) is 0.183. The molecular weight excluding hydrogens is 675 g/mol. The van der Waals surface area contributed by atoms with E-state index in [1.165, 1.54) is 21.8 Å². The topological polar surface area (TPSA) is 61.7 Å². The summed E-state index contributed by atoms with van der Waals surface area (Å²) < 4.78 is 11.2. The smallest absolute Gasteiger partial charge is 0.238 e. The van der Waals surface area contributed by atoms with Gasteiger partial charge >= 0.3 is 0 Å². The third-order valence-corrected chi connectivity index (χ3v) is 11.0. The van der Waals surface area contributed by atoms with Crippen LogP contribution in [0.5, 0.6) is 0 Å². The molecule has 0 saturated heterocycles. The summed E-state index contributed by atoms with van der Waals surface area (Å²) in [5, 5.41) is 9.05. The molecule has 6 heteroatoms. The third kappa shape index (κ3) is 4.39. The lowest BCUT2D eigenvalue weighted by Crippen LogP contribution is -2.06. The van der Waals surface area contributed by atoms with Gasteiger partial charge in [-0.3, -0.25) is 4.57 Å². The maximum atomic E-state index is 6.66. The molecule has 8 aromatic carbocycles. The summed E-state index contributed by atoms with van der Waals surface area (Å²) >= 11 is 0. The lowest BCUT2D eigenvalue weighted by atomic mass is 10.00. The Morgan fingerprint density at radius 1 is 0.400 bits per heavy atom. The van der Waals surface area contributed by atoms with Gasteiger partial charge < -0.3 is 8.98 Å². The molecule has 0 saturated carbocycles. The highest BCUT2D eigenvalue weighted by molar-refractivity contribution is 6.22. The highest BCUT2D eigenvalue weighted by Crippen LogP contribution is 2.41. The molecule has 0 unspecified atom stereocenters. The summed E-state index contributed by atoms with van der Waals surface area (Å²) in [7, 11) is 0. The second kappa shape index (κ2) is 11.5. The molecule has 0 atom stereocenters. The summed E-state index contributed by atoms with van der Waals surface area (Å²) in [6.07, 6.45) is 0. The minimum absolute atomic E-state index is 0.539. The fraction of sp³-hybridized carbons (Fsp3) is 0. The van der Waals surface area contributed by atoms with Crippen molar-refractivity contribution in [1.29, 1.82) is 0 Å². The largest absolute Gasteiger partial charge is 0.455 e. The molecule has 55 heavy (non-hydrogen) atoms. The van der Waals surface area contributed by atoms with Crippen molar-refractivity contribution in [2.45, 2.75) is 0 Å². The molecule has 0 aliphatic rings. The van der Waals surface area contributed by atoms with Crippen LogP contribution in [0.25, 0.3) is 111 Å². The molecule has 4 heterocycles. The molecule has 0 radical (unpaired) electrons. The van der Waals surface area contributed by atoms with Crippen LogP contribution >= 0.6 is 0 Å². The Morgan fingerprint density at radius 2 is 0.964 bits per heavy atom. The van der Waals surface area contributed by atoms with Crippen LogP contribution in [0, 0.1) is 0 Å². The Labute approximate surface area is 314 Å². The number of hydrogen-bond donors (Lipinski definition) is 0. The fourth-order valence-corrected chi connectivity index (χ4v) is 8.56. The Morgan fingerprint density at radius 3 is 1.71 bits per heavy atom. The highest BCUT2D eigenvalue weighted by Gasteiger charge is 2.22. The summed E-state index contributed by atoms with van der Waals surface area (Å²) in [5.74, 6) is 1.68. The van der Waals surface area contributed by atoms with Crippen LogP contribution in [0.3, 0.4) is 0 Å². The second-order valence-corrected chi connectivity index (χ2v) is 14.0. The van der Waals surface area contributed by atoms with Gasteiger partial charge in [-0.05, 0) is 59.3 Å². The molecule has 6 nitrogen and oxygen atoms in total. The Hall–Kier alpha value is -7.57. The lowest BCUT2D eigenvalue weighted by molar-refractivity contribution is 0.669. The zero-order valence-electron chi connectivity index (χ0n) is 29.4. The molecule has 0 N–H and O–H groups in total. The first-order valence-corrected chi connectivity index (χ1v) is 18.5. The van der Waals surface area contributed by atoms with E-state index in [9.17, 15) is 0 Å². The van der Waals surface area contributed by atoms with Gasteiger partial charge in [-0.25, -0.2) is 4.98 Å². The lowest BCUT2D eigenvalue weighted by Gasteiger charge is -2.12. The summed E-state index contributed by atoms with van der Waals surface area (Å²) in [6.45, 7) is 0. The van der Waals surface area contributed by atoms with Crippen molar-refractivity contribution in [2.75, 3.05) is 0 Å². The van der Waals surface area contributed by atoms with Crippen LogP contribution < -0.4 is 0 Å². The molecule has 0 bridgehead atoms. The molecule has 0 aliphatic carbocycles. The van der Waals surface area contributed by atoms with Gasteiger partial charge in [-0.15, -0.1) is 0 Å². The molecule has 4 aromatic heterocycles. The first-order valence-electron chi connectivity index (χ1n) is 18.5. The SMILES string of the molecule is c1ccc(-c2nc(-c3cc4ccccc4c4c3oc3ccccc34)nc(-n3c4ccccc4c4cc(-n5c6ccccc6c6ccccc65)ccc43)n2)cc1. The van der Waals surface area contributed by atoms with Gasteiger partial charge in [0.2, 0.25) is 5.95 Å². The van der Waals surface area contributed by atoms with Gasteiger partial charge in [0.1, 0.15) is 11.2 Å². The van der Waals surface area contributed by atoms with Crippen LogP contribution in [-0.2, 0) is 0 Å². The van der Waals surface area contributed by atoms with Crippen LogP contribution in [0.15, 0.2) is 180 Å². The number of benzene rings is 8. The fourth-order valence-electron chi connectivity index (χ4n) is 8.56. The number of furan rings is 1. The van der Waals surface area contributed by atoms with E-state index in [2.05, 4.69) is 143 Å². The first kappa shape index (κ1) is 29.9. The minimum Gasteiger partial charge on any atom is -0.455 e. The molecule has 0 fully saturated rings. The van der Waals surface area contributed by atoms with Crippen molar-refractivity contribution >= 4 is 76.3 Å². The van der Waals surface area contributed by atoms with Crippen molar-refractivity contribution in [1.82, 2.24) is 24.1 Å². The number of rotatable bonds is 4. The van der Waals surface area contributed by atoms with Crippen LogP contribution in [0.1, 0.15) is 0 Å². The number of nitrogens with zero attached hydrogens (tertiary/aromatic N) is 5. The predicted molar refractivity (Wildman–Crippen MR) is 224 cm³/mol. The average molecular weight is 704 g/mol. The van der Waals surface area contributed by atoms with Gasteiger partial charge in [0.25, 0.3) is 0 Å². The van der Waals surface area contributed by atoms with Gasteiger partial charge in [0.05, 0.1) is 27.6 Å². The molecule has 0 amide bonds. The van der Waals surface area contributed by atoms with Gasteiger partial charge in [-0.2, -0.15) is 9.97 Å². The van der Waals surface area contributed by atoms with E-state index in [0.29, 0.717) is 17.6 Å². The summed E-state index contributed by atoms with van der Waals surface area (Å²) in [4.78, 5) is 15.7. The number of aromatic nitrogens is 5. The van der Waals surface area contributed by atoms with E-state index < -0.39 is 0 Å². The number of para-hydroxylation sites is 4. The molecule has 12 aromatic rings. The Kier molecular flexibility index (Phi) is 6.24. The molecule has 12 rings (SSSR count). The van der Waals surface area contributed by atoms with Crippen molar-refractivity contribution in [2.24, 2.45) is 0 Å². The normalized spacial score (nSPS) is 12.0. The Bertz CT molecular complexity index is 3450. The van der Waals surface area contributed by atoms with E-state index in [4.69, 9.17) is 19.4 Å². The molecule has 0 aliphatic heterocycles. The predicted octanol–water partition coefficient (Wildman–Crippen LogP) is 12.5. The van der Waals surface area contributed by atoms with E-state index in [1.54, 1.807) is 0 Å². The highest BCUT2D eigenvalue weighted by atomic mass is 16.3. The maximum absolute atomic E-state index is 6.66. The van der Waals surface area contributed by atoms with Crippen molar-refractivity contribution < 1.29 is 4.42 Å². The standard InChI is InChI=1S/C49H29N5O/c1-2-14-30(15-3-1)47-50-48(39-28-31-16-4-5-17-33(31)45-37-21-9-13-25-44(37)55-46(39)45)52-49(51-47)54-42-24-12-8-20-36(42)38-29-32(26-27-43(38)54)53-40-22-10-6-18-34(40)35-19-7-11-23-41(35)53/h1-29H. The Balaban J connectivity index is 1.15. The molecule has 0 spiro atoms. The zero-order valence-corrected chi connectivity index (χ0v) is 29.4. The third-order valence-electron chi connectivity index (χ3n) is 11.0. The minimum atomic E-state index is 0.539. The maximum Gasteiger partial charge on any atom is 0.238 e. The molecular formula is C49H29N5O. The number of fused-ring (bicyclic) bond motifs is 11. The first-order chi connectivity index (χ1) is 27.3.